The molecular formula is C13H21NO3. The lowest BCUT2D eigenvalue weighted by Gasteiger charge is -2.14. The molecule has 0 saturated carbocycles. The van der Waals surface area contributed by atoms with Crippen molar-refractivity contribution in [3.63, 3.8) is 0 Å². The Bertz CT molecular complexity index is 319. The van der Waals surface area contributed by atoms with Crippen molar-refractivity contribution in [2.75, 3.05) is 27.3 Å². The number of methoxy groups -OCH3 is 2. The van der Waals surface area contributed by atoms with Gasteiger partial charge in [-0.1, -0.05) is 6.92 Å². The predicted molar refractivity (Wildman–Crippen MR) is 67.7 cm³/mol. The van der Waals surface area contributed by atoms with Crippen molar-refractivity contribution in [3.8, 4) is 11.5 Å². The zero-order valence-electron chi connectivity index (χ0n) is 10.7. The summed E-state index contributed by atoms with van der Waals surface area (Å²) >= 11 is 0. The fourth-order valence-electron chi connectivity index (χ4n) is 1.56. The Morgan fingerprint density at radius 1 is 1.18 bits per heavy atom. The van der Waals surface area contributed by atoms with Crippen molar-refractivity contribution in [2.45, 2.75) is 19.4 Å². The number of hydrogen-bond donors (Lipinski definition) is 2. The molecule has 0 aliphatic rings. The lowest BCUT2D eigenvalue weighted by atomic mass is 10.1. The molecule has 1 atom stereocenters. The summed E-state index contributed by atoms with van der Waals surface area (Å²) in [6.07, 6.45) is 0.499. The van der Waals surface area contributed by atoms with Crippen LogP contribution in [0.3, 0.4) is 0 Å². The lowest BCUT2D eigenvalue weighted by molar-refractivity contribution is 0.174. The first-order valence-electron chi connectivity index (χ1n) is 5.83. The molecule has 0 saturated heterocycles. The summed E-state index contributed by atoms with van der Waals surface area (Å²) in [7, 11) is 3.19. The van der Waals surface area contributed by atoms with Crippen molar-refractivity contribution in [1.29, 1.82) is 0 Å². The summed E-state index contributed by atoms with van der Waals surface area (Å²) in [6.45, 7) is 3.52. The number of rotatable bonds is 7. The van der Waals surface area contributed by atoms with E-state index in [0.29, 0.717) is 18.0 Å². The third-order valence-electron chi connectivity index (χ3n) is 2.52. The molecule has 0 aliphatic carbocycles. The van der Waals surface area contributed by atoms with E-state index in [1.165, 1.54) is 0 Å². The molecule has 0 spiro atoms. The van der Waals surface area contributed by atoms with E-state index in [2.05, 4.69) is 12.2 Å². The van der Waals surface area contributed by atoms with Gasteiger partial charge in [0.1, 0.15) is 11.5 Å². The number of benzene rings is 1. The van der Waals surface area contributed by atoms with Crippen LogP contribution in [-0.2, 0) is 0 Å². The lowest BCUT2D eigenvalue weighted by Crippen LogP contribution is -2.22. The van der Waals surface area contributed by atoms with E-state index in [-0.39, 0.29) is 0 Å². The fourth-order valence-corrected chi connectivity index (χ4v) is 1.56. The van der Waals surface area contributed by atoms with Crippen molar-refractivity contribution in [2.24, 2.45) is 0 Å². The highest BCUT2D eigenvalue weighted by molar-refractivity contribution is 5.39. The molecule has 4 nitrogen and oxygen atoms in total. The SMILES string of the molecule is CCCNC[C@H](O)c1cc(OC)cc(OC)c1. The van der Waals surface area contributed by atoms with Gasteiger partial charge in [-0.15, -0.1) is 0 Å². The van der Waals surface area contributed by atoms with E-state index in [1.54, 1.807) is 20.3 Å². The second-order valence-corrected chi connectivity index (χ2v) is 3.87. The smallest absolute Gasteiger partial charge is 0.122 e. The Labute approximate surface area is 103 Å². The summed E-state index contributed by atoms with van der Waals surface area (Å²) < 4.78 is 10.3. The third-order valence-corrected chi connectivity index (χ3v) is 2.52. The topological polar surface area (TPSA) is 50.7 Å². The van der Waals surface area contributed by atoms with Gasteiger partial charge in [0.2, 0.25) is 0 Å². The first-order valence-corrected chi connectivity index (χ1v) is 5.83. The molecule has 4 heteroatoms. The summed E-state index contributed by atoms with van der Waals surface area (Å²) in [4.78, 5) is 0. The minimum Gasteiger partial charge on any atom is -0.497 e. The van der Waals surface area contributed by atoms with Gasteiger partial charge in [0, 0.05) is 12.6 Å². The number of aliphatic hydroxyl groups is 1. The number of aliphatic hydroxyl groups excluding tert-OH is 1. The van der Waals surface area contributed by atoms with Crippen LogP contribution in [0.2, 0.25) is 0 Å². The first kappa shape index (κ1) is 13.8. The predicted octanol–water partition coefficient (Wildman–Crippen LogP) is 1.74. The fraction of sp³-hybridized carbons (Fsp3) is 0.538. The van der Waals surface area contributed by atoms with E-state index in [1.807, 2.05) is 12.1 Å². The van der Waals surface area contributed by atoms with E-state index in [4.69, 9.17) is 9.47 Å². The minimum absolute atomic E-state index is 0.532. The quantitative estimate of drug-likeness (QED) is 0.712. The number of nitrogens with one attached hydrogen (secondary N) is 1. The second kappa shape index (κ2) is 7.14. The molecule has 2 N–H and O–H groups in total. The first-order chi connectivity index (χ1) is 8.21. The van der Waals surface area contributed by atoms with Crippen molar-refractivity contribution < 1.29 is 14.6 Å². The van der Waals surface area contributed by atoms with Crippen LogP contribution in [-0.4, -0.2) is 32.4 Å². The summed E-state index contributed by atoms with van der Waals surface area (Å²) in [5.74, 6) is 1.38. The van der Waals surface area contributed by atoms with Crippen molar-refractivity contribution in [1.82, 2.24) is 5.32 Å². The molecule has 0 unspecified atom stereocenters. The van der Waals surface area contributed by atoms with Gasteiger partial charge in [0.05, 0.1) is 20.3 Å². The zero-order valence-corrected chi connectivity index (χ0v) is 10.7. The summed E-state index contributed by atoms with van der Waals surface area (Å²) in [5.41, 5.74) is 0.796. The van der Waals surface area contributed by atoms with Crippen LogP contribution in [0, 0.1) is 0 Å². The summed E-state index contributed by atoms with van der Waals surface area (Å²) in [5, 5.41) is 13.2. The van der Waals surface area contributed by atoms with Gasteiger partial charge in [-0.05, 0) is 30.7 Å². The molecule has 0 aliphatic heterocycles. The van der Waals surface area contributed by atoms with E-state index >= 15 is 0 Å². The molecule has 0 radical (unpaired) electrons. The summed E-state index contributed by atoms with van der Waals surface area (Å²) in [6, 6.07) is 5.43. The highest BCUT2D eigenvalue weighted by Crippen LogP contribution is 2.26. The van der Waals surface area contributed by atoms with E-state index in [9.17, 15) is 5.11 Å². The second-order valence-electron chi connectivity index (χ2n) is 3.87. The van der Waals surface area contributed by atoms with Crippen LogP contribution in [0.15, 0.2) is 18.2 Å². The van der Waals surface area contributed by atoms with Gasteiger partial charge in [-0.3, -0.25) is 0 Å². The van der Waals surface area contributed by atoms with Gasteiger partial charge in [-0.2, -0.15) is 0 Å². The molecule has 0 amide bonds. The molecule has 1 rings (SSSR count). The van der Waals surface area contributed by atoms with Gasteiger partial charge in [-0.25, -0.2) is 0 Å². The average Bonchev–Trinajstić information content (AvgIpc) is 2.38. The molecule has 0 fully saturated rings. The van der Waals surface area contributed by atoms with Gasteiger partial charge >= 0.3 is 0 Å². The minimum atomic E-state index is -0.550. The Hall–Kier alpha value is -1.26. The number of hydrogen-bond acceptors (Lipinski definition) is 4. The third kappa shape index (κ3) is 4.24. The maximum Gasteiger partial charge on any atom is 0.122 e. The molecule has 0 bridgehead atoms. The molecular weight excluding hydrogens is 218 g/mol. The largest absolute Gasteiger partial charge is 0.497 e. The Morgan fingerprint density at radius 2 is 1.76 bits per heavy atom. The zero-order chi connectivity index (χ0) is 12.7. The van der Waals surface area contributed by atoms with Crippen LogP contribution < -0.4 is 14.8 Å². The van der Waals surface area contributed by atoms with Crippen LogP contribution in [0.1, 0.15) is 25.0 Å². The highest BCUT2D eigenvalue weighted by atomic mass is 16.5. The normalized spacial score (nSPS) is 12.2. The van der Waals surface area contributed by atoms with Gasteiger partial charge < -0.3 is 19.9 Å². The van der Waals surface area contributed by atoms with E-state index < -0.39 is 6.10 Å². The van der Waals surface area contributed by atoms with Gasteiger partial charge in [0.15, 0.2) is 0 Å². The average molecular weight is 239 g/mol. The van der Waals surface area contributed by atoms with Crippen molar-refractivity contribution in [3.05, 3.63) is 23.8 Å². The van der Waals surface area contributed by atoms with Crippen LogP contribution >= 0.6 is 0 Å². The molecule has 0 aromatic heterocycles. The molecule has 17 heavy (non-hydrogen) atoms. The number of ether oxygens (including phenoxy) is 2. The van der Waals surface area contributed by atoms with Crippen LogP contribution in [0.25, 0.3) is 0 Å². The highest BCUT2D eigenvalue weighted by Gasteiger charge is 2.10. The van der Waals surface area contributed by atoms with E-state index in [0.717, 1.165) is 18.5 Å². The van der Waals surface area contributed by atoms with Crippen LogP contribution in [0.5, 0.6) is 11.5 Å². The molecule has 96 valence electrons. The Balaban J connectivity index is 2.73. The molecule has 0 heterocycles. The monoisotopic (exact) mass is 239 g/mol. The Kier molecular flexibility index (Phi) is 5.80. The standard InChI is InChI=1S/C13H21NO3/c1-4-5-14-9-13(15)10-6-11(16-2)8-12(7-10)17-3/h6-8,13-15H,4-5,9H2,1-3H3/t13-/m0/s1. The molecule has 1 aromatic rings. The molecule has 1 aromatic carbocycles. The van der Waals surface area contributed by atoms with Crippen molar-refractivity contribution >= 4 is 0 Å². The Morgan fingerprint density at radius 3 is 2.24 bits per heavy atom. The maximum absolute atomic E-state index is 10.0. The maximum atomic E-state index is 10.0. The van der Waals surface area contributed by atoms with Crippen LogP contribution in [0.4, 0.5) is 0 Å². The van der Waals surface area contributed by atoms with Gasteiger partial charge in [0.25, 0.3) is 0 Å².